The Labute approximate surface area is 318 Å². The zero-order valence-corrected chi connectivity index (χ0v) is 33.9. The van der Waals surface area contributed by atoms with Gasteiger partial charge in [0.15, 0.2) is 0 Å². The normalized spacial score (nSPS) is 18.0. The molecule has 0 N–H and O–H groups in total. The van der Waals surface area contributed by atoms with Gasteiger partial charge < -0.3 is 9.30 Å². The first kappa shape index (κ1) is 36.8. The van der Waals surface area contributed by atoms with Gasteiger partial charge in [0.05, 0.1) is 5.69 Å². The van der Waals surface area contributed by atoms with Gasteiger partial charge in [0.25, 0.3) is 0 Å². The standard InChI is InChI=1S/C45H50N4O.Pt/c1-27(2)43-42(41-30(6)22-29(5)23-31(41)7)44(28(3)4)49(47-43)33-14-13-15-34(25-33)50-35-18-19-37-36-16-11-12-17-38(36)48(39(37)26-35)40-24-32(20-21-46-40)45(8,9)10;/h11-22,24,27-29,31,41H,23H2,1-10H3;/q-2;+2/t29-,31-,41?;/m0./s1. The maximum Gasteiger partial charge on any atom is 2.00 e. The van der Waals surface area contributed by atoms with Gasteiger partial charge in [-0.1, -0.05) is 97.7 Å². The number of allylic oxidation sites excluding steroid dienone is 2. The number of nitrogens with zero attached hydrogens (tertiary/aromatic N) is 4. The zero-order valence-electron chi connectivity index (χ0n) is 31.6. The number of fused-ring (bicyclic) bond motifs is 3. The van der Waals surface area contributed by atoms with Crippen molar-refractivity contribution in [3.05, 3.63) is 119 Å². The van der Waals surface area contributed by atoms with Crippen molar-refractivity contribution in [1.82, 2.24) is 19.3 Å². The van der Waals surface area contributed by atoms with E-state index in [0.717, 1.165) is 33.3 Å². The summed E-state index contributed by atoms with van der Waals surface area (Å²) < 4.78 is 10.9. The molecule has 1 aliphatic carbocycles. The summed E-state index contributed by atoms with van der Waals surface area (Å²) in [7, 11) is 0. The summed E-state index contributed by atoms with van der Waals surface area (Å²) in [6, 6.07) is 30.2. The molecule has 0 radical (unpaired) electrons. The molecule has 0 bridgehead atoms. The van der Waals surface area contributed by atoms with E-state index in [-0.39, 0.29) is 32.4 Å². The predicted molar refractivity (Wildman–Crippen MR) is 206 cm³/mol. The van der Waals surface area contributed by atoms with Gasteiger partial charge in [-0.2, -0.15) is 17.2 Å². The van der Waals surface area contributed by atoms with Crippen LogP contribution in [-0.2, 0) is 26.5 Å². The van der Waals surface area contributed by atoms with Crippen molar-refractivity contribution in [2.45, 2.75) is 98.8 Å². The Balaban J connectivity index is 0.00000448. The quantitative estimate of drug-likeness (QED) is 0.119. The van der Waals surface area contributed by atoms with Crippen molar-refractivity contribution in [2.24, 2.45) is 11.8 Å². The van der Waals surface area contributed by atoms with E-state index < -0.39 is 0 Å². The Kier molecular flexibility index (Phi) is 10.3. The molecule has 1 aliphatic rings. The predicted octanol–water partition coefficient (Wildman–Crippen LogP) is 12.0. The molecular formula is C45H50N4OPt. The van der Waals surface area contributed by atoms with Crippen LogP contribution in [0.15, 0.2) is 84.6 Å². The Morgan fingerprint density at radius 1 is 0.863 bits per heavy atom. The molecule has 0 spiro atoms. The fraction of sp³-hybridized carbons (Fsp3) is 0.378. The fourth-order valence-electron chi connectivity index (χ4n) is 8.17. The van der Waals surface area contributed by atoms with Gasteiger partial charge in [-0.3, -0.25) is 4.68 Å². The number of benzene rings is 3. The molecule has 3 aromatic heterocycles. The second-order valence-electron chi connectivity index (χ2n) is 16.1. The van der Waals surface area contributed by atoms with E-state index in [4.69, 9.17) is 14.8 Å². The Hall–Kier alpha value is -3.95. The van der Waals surface area contributed by atoms with Gasteiger partial charge in [0.1, 0.15) is 5.82 Å². The molecule has 5 nitrogen and oxygen atoms in total. The average Bonchev–Trinajstić information content (AvgIpc) is 3.61. The second-order valence-corrected chi connectivity index (χ2v) is 16.1. The van der Waals surface area contributed by atoms with Crippen LogP contribution in [0.2, 0.25) is 0 Å². The maximum atomic E-state index is 6.57. The van der Waals surface area contributed by atoms with Crippen LogP contribution >= 0.6 is 0 Å². The molecular weight excluding hydrogens is 808 g/mol. The first-order valence-electron chi connectivity index (χ1n) is 18.3. The number of hydrogen-bond acceptors (Lipinski definition) is 3. The molecule has 0 aliphatic heterocycles. The molecule has 266 valence electrons. The number of hydrogen-bond donors (Lipinski definition) is 0. The van der Waals surface area contributed by atoms with Crippen LogP contribution in [0.25, 0.3) is 33.3 Å². The number of para-hydroxylation sites is 1. The van der Waals surface area contributed by atoms with Crippen LogP contribution in [0.4, 0.5) is 0 Å². The third-order valence-electron chi connectivity index (χ3n) is 10.3. The van der Waals surface area contributed by atoms with Gasteiger partial charge in [-0.15, -0.1) is 35.7 Å². The number of ether oxygens (including phenoxy) is 1. The molecule has 3 heterocycles. The van der Waals surface area contributed by atoms with Gasteiger partial charge in [-0.05, 0) is 77.3 Å². The second kappa shape index (κ2) is 14.2. The minimum Gasteiger partial charge on any atom is -0.509 e. The van der Waals surface area contributed by atoms with E-state index in [0.29, 0.717) is 35.2 Å². The SMILES string of the molecule is CC1=C[C@H](C)C[C@H](C)C1c1c(C(C)C)nn(-c2[c-]c(Oc3[c-]c4c(cc3)c3ccccc3n4-c3cc(C(C)(C)C)ccn3)ccc2)c1C(C)C.[Pt+2]. The molecule has 51 heavy (non-hydrogen) atoms. The van der Waals surface area contributed by atoms with E-state index in [1.807, 2.05) is 24.4 Å². The van der Waals surface area contributed by atoms with Gasteiger partial charge >= 0.3 is 21.1 Å². The summed E-state index contributed by atoms with van der Waals surface area (Å²) in [5.74, 6) is 4.22. The van der Waals surface area contributed by atoms with E-state index in [9.17, 15) is 0 Å². The van der Waals surface area contributed by atoms with Crippen molar-refractivity contribution < 1.29 is 25.8 Å². The molecule has 0 saturated carbocycles. The average molecular weight is 858 g/mol. The van der Waals surface area contributed by atoms with Crippen LogP contribution in [0.1, 0.15) is 116 Å². The third kappa shape index (κ3) is 6.87. The van der Waals surface area contributed by atoms with Crippen LogP contribution in [0, 0.1) is 24.0 Å². The van der Waals surface area contributed by atoms with Gasteiger partial charge in [-0.25, -0.2) is 4.98 Å². The first-order chi connectivity index (χ1) is 23.8. The van der Waals surface area contributed by atoms with Crippen LogP contribution in [0.3, 0.4) is 0 Å². The van der Waals surface area contributed by atoms with Crippen LogP contribution < -0.4 is 4.74 Å². The summed E-state index contributed by atoms with van der Waals surface area (Å²) in [5.41, 5.74) is 9.45. The summed E-state index contributed by atoms with van der Waals surface area (Å²) in [4.78, 5) is 4.83. The van der Waals surface area contributed by atoms with Crippen molar-refractivity contribution in [3.8, 4) is 23.0 Å². The van der Waals surface area contributed by atoms with Crippen molar-refractivity contribution in [2.75, 3.05) is 0 Å². The monoisotopic (exact) mass is 857 g/mol. The van der Waals surface area contributed by atoms with E-state index in [1.54, 1.807) is 0 Å². The number of rotatable bonds is 7. The summed E-state index contributed by atoms with van der Waals surface area (Å²) in [6.07, 6.45) is 5.57. The van der Waals surface area contributed by atoms with Gasteiger partial charge in [0.2, 0.25) is 0 Å². The minimum atomic E-state index is -0.00124. The molecule has 0 fully saturated rings. The zero-order chi connectivity index (χ0) is 35.5. The molecule has 6 heteroatoms. The molecule has 7 rings (SSSR count). The molecule has 6 aromatic rings. The minimum absolute atomic E-state index is 0. The number of pyridine rings is 1. The topological polar surface area (TPSA) is 44.9 Å². The van der Waals surface area contributed by atoms with Crippen molar-refractivity contribution in [3.63, 3.8) is 0 Å². The fourth-order valence-corrected chi connectivity index (χ4v) is 8.17. The van der Waals surface area contributed by atoms with Gasteiger partial charge in [0, 0.05) is 40.4 Å². The molecule has 3 aromatic carbocycles. The summed E-state index contributed by atoms with van der Waals surface area (Å²) >= 11 is 0. The van der Waals surface area contributed by atoms with E-state index >= 15 is 0 Å². The van der Waals surface area contributed by atoms with Crippen molar-refractivity contribution >= 4 is 21.8 Å². The van der Waals surface area contributed by atoms with Crippen LogP contribution in [0.5, 0.6) is 11.5 Å². The Morgan fingerprint density at radius 2 is 1.61 bits per heavy atom. The molecule has 0 saturated heterocycles. The number of aromatic nitrogens is 4. The van der Waals surface area contributed by atoms with Crippen LogP contribution in [-0.4, -0.2) is 19.3 Å². The maximum absolute atomic E-state index is 6.57. The van der Waals surface area contributed by atoms with Crippen molar-refractivity contribution in [1.29, 1.82) is 0 Å². The van der Waals surface area contributed by atoms with E-state index in [1.165, 1.54) is 34.5 Å². The Morgan fingerprint density at radius 3 is 2.31 bits per heavy atom. The molecule has 1 unspecified atom stereocenters. The largest absolute Gasteiger partial charge is 2.00 e. The summed E-state index contributed by atoms with van der Waals surface area (Å²) in [5, 5.41) is 7.60. The Bertz CT molecular complexity index is 2230. The first-order valence-corrected chi connectivity index (χ1v) is 18.3. The molecule has 0 amide bonds. The van der Waals surface area contributed by atoms with E-state index in [2.05, 4.69) is 145 Å². The third-order valence-corrected chi connectivity index (χ3v) is 10.3. The molecule has 3 atom stereocenters. The smallest absolute Gasteiger partial charge is 0.509 e. The summed E-state index contributed by atoms with van der Waals surface area (Å²) in [6.45, 7) is 22.8.